The molecular weight excluding hydrogens is 224 g/mol. The molecule has 1 rings (SSSR count). The van der Waals surface area contributed by atoms with Crippen LogP contribution in [0.1, 0.15) is 25.5 Å². The normalized spacial score (nSPS) is 12.1. The van der Waals surface area contributed by atoms with Crippen molar-refractivity contribution >= 4 is 17.5 Å². The number of aromatic nitrogens is 1. The van der Waals surface area contributed by atoms with Crippen LogP contribution in [0.2, 0.25) is 0 Å². The summed E-state index contributed by atoms with van der Waals surface area (Å²) in [4.78, 5) is 15.6. The van der Waals surface area contributed by atoms with E-state index in [-0.39, 0.29) is 11.9 Å². The zero-order valence-corrected chi connectivity index (χ0v) is 10.2. The Morgan fingerprint density at radius 1 is 1.56 bits per heavy atom. The van der Waals surface area contributed by atoms with Crippen LogP contribution in [-0.2, 0) is 11.2 Å². The summed E-state index contributed by atoms with van der Waals surface area (Å²) >= 11 is 5.52. The smallest absolute Gasteiger partial charge is 0.220 e. The Labute approximate surface area is 101 Å². The number of carbonyl (C=O) groups is 1. The van der Waals surface area contributed by atoms with Gasteiger partial charge in [0.25, 0.3) is 0 Å². The fourth-order valence-corrected chi connectivity index (χ4v) is 1.59. The van der Waals surface area contributed by atoms with Gasteiger partial charge in [0.15, 0.2) is 0 Å². The summed E-state index contributed by atoms with van der Waals surface area (Å²) in [6.07, 6.45) is 3.74. The summed E-state index contributed by atoms with van der Waals surface area (Å²) in [5, 5.41) is 2.93. The summed E-state index contributed by atoms with van der Waals surface area (Å²) < 4.78 is 0. The lowest BCUT2D eigenvalue weighted by Gasteiger charge is -2.13. The molecule has 0 bridgehead atoms. The highest BCUT2D eigenvalue weighted by atomic mass is 35.5. The van der Waals surface area contributed by atoms with Crippen LogP contribution in [-0.4, -0.2) is 22.8 Å². The van der Waals surface area contributed by atoms with Crippen LogP contribution in [0.3, 0.4) is 0 Å². The van der Waals surface area contributed by atoms with E-state index in [1.807, 2.05) is 25.1 Å². The first-order chi connectivity index (χ1) is 7.72. The Balaban J connectivity index is 2.30. The molecule has 1 heterocycles. The number of rotatable bonds is 6. The monoisotopic (exact) mass is 240 g/mol. The second-order valence-electron chi connectivity index (χ2n) is 3.79. The van der Waals surface area contributed by atoms with Gasteiger partial charge in [-0.2, -0.15) is 0 Å². The average molecular weight is 241 g/mol. The number of nitrogens with one attached hydrogen (secondary N) is 1. The third-order valence-electron chi connectivity index (χ3n) is 2.19. The molecule has 88 valence electrons. The quantitative estimate of drug-likeness (QED) is 0.775. The molecule has 1 amide bonds. The summed E-state index contributed by atoms with van der Waals surface area (Å²) in [5.41, 5.74) is 0.993. The maximum absolute atomic E-state index is 11.4. The predicted octanol–water partition coefficient (Wildman–Crippen LogP) is 2.15. The van der Waals surface area contributed by atoms with Crippen LogP contribution in [0.4, 0.5) is 0 Å². The molecule has 0 aliphatic carbocycles. The predicted molar refractivity (Wildman–Crippen MR) is 65.5 cm³/mol. The van der Waals surface area contributed by atoms with Gasteiger partial charge in [0.2, 0.25) is 5.91 Å². The Bertz CT molecular complexity index is 316. The van der Waals surface area contributed by atoms with Gasteiger partial charge in [-0.3, -0.25) is 9.78 Å². The van der Waals surface area contributed by atoms with E-state index < -0.39 is 0 Å². The number of alkyl halides is 1. The minimum Gasteiger partial charge on any atom is -0.353 e. The summed E-state index contributed by atoms with van der Waals surface area (Å²) in [7, 11) is 0. The lowest BCUT2D eigenvalue weighted by atomic mass is 10.1. The van der Waals surface area contributed by atoms with Crippen LogP contribution in [0.15, 0.2) is 24.4 Å². The van der Waals surface area contributed by atoms with Crippen LogP contribution in [0.25, 0.3) is 0 Å². The Kier molecular flexibility index (Phi) is 5.86. The van der Waals surface area contributed by atoms with E-state index in [2.05, 4.69) is 10.3 Å². The average Bonchev–Trinajstić information content (AvgIpc) is 2.27. The number of nitrogens with zero attached hydrogens (tertiary/aromatic N) is 1. The molecule has 3 nitrogen and oxygen atoms in total. The molecule has 1 aromatic heterocycles. The number of pyridine rings is 1. The lowest BCUT2D eigenvalue weighted by Crippen LogP contribution is -2.34. The van der Waals surface area contributed by atoms with Gasteiger partial charge in [-0.25, -0.2) is 0 Å². The molecule has 0 saturated carbocycles. The van der Waals surface area contributed by atoms with Crippen molar-refractivity contribution in [2.75, 3.05) is 5.88 Å². The van der Waals surface area contributed by atoms with Crippen LogP contribution in [0, 0.1) is 0 Å². The van der Waals surface area contributed by atoms with Crippen LogP contribution in [0.5, 0.6) is 0 Å². The number of amides is 1. The molecule has 1 unspecified atom stereocenters. The molecule has 0 saturated heterocycles. The molecule has 0 aliphatic heterocycles. The van der Waals surface area contributed by atoms with Crippen molar-refractivity contribution in [1.82, 2.24) is 10.3 Å². The molecule has 0 spiro atoms. The van der Waals surface area contributed by atoms with Crippen LogP contribution < -0.4 is 5.32 Å². The van der Waals surface area contributed by atoms with Gasteiger partial charge in [-0.1, -0.05) is 6.07 Å². The van der Waals surface area contributed by atoms with Gasteiger partial charge in [0.1, 0.15) is 0 Å². The van der Waals surface area contributed by atoms with Crippen molar-refractivity contribution in [3.05, 3.63) is 30.1 Å². The van der Waals surface area contributed by atoms with E-state index in [0.29, 0.717) is 12.3 Å². The Morgan fingerprint density at radius 3 is 3.00 bits per heavy atom. The maximum Gasteiger partial charge on any atom is 0.220 e. The molecule has 1 aromatic rings. The summed E-state index contributed by atoms with van der Waals surface area (Å²) in [6.45, 7) is 1.98. The van der Waals surface area contributed by atoms with Gasteiger partial charge in [0, 0.05) is 36.7 Å². The first kappa shape index (κ1) is 13.0. The van der Waals surface area contributed by atoms with Crippen molar-refractivity contribution in [3.63, 3.8) is 0 Å². The fraction of sp³-hybridized carbons (Fsp3) is 0.500. The largest absolute Gasteiger partial charge is 0.353 e. The molecule has 16 heavy (non-hydrogen) atoms. The van der Waals surface area contributed by atoms with Gasteiger partial charge < -0.3 is 5.32 Å². The number of carbonyl (C=O) groups excluding carboxylic acids is 1. The standard InChI is InChI=1S/C12H17ClN2O/c1-10(15-12(16)6-4-7-13)9-11-5-2-3-8-14-11/h2-3,5,8,10H,4,6-7,9H2,1H3,(H,15,16). The minimum atomic E-state index is 0.0593. The SMILES string of the molecule is CC(Cc1ccccn1)NC(=O)CCCCl. The number of hydrogen-bond donors (Lipinski definition) is 1. The van der Waals surface area contributed by atoms with Crippen molar-refractivity contribution < 1.29 is 4.79 Å². The molecule has 1 atom stereocenters. The second kappa shape index (κ2) is 7.23. The van der Waals surface area contributed by atoms with E-state index in [0.717, 1.165) is 18.5 Å². The van der Waals surface area contributed by atoms with Gasteiger partial charge in [0.05, 0.1) is 0 Å². The van der Waals surface area contributed by atoms with Crippen molar-refractivity contribution in [2.45, 2.75) is 32.2 Å². The van der Waals surface area contributed by atoms with E-state index in [9.17, 15) is 4.79 Å². The van der Waals surface area contributed by atoms with Crippen molar-refractivity contribution in [1.29, 1.82) is 0 Å². The maximum atomic E-state index is 11.4. The Morgan fingerprint density at radius 2 is 2.38 bits per heavy atom. The Hall–Kier alpha value is -1.09. The third-order valence-corrected chi connectivity index (χ3v) is 2.45. The third kappa shape index (κ3) is 5.12. The minimum absolute atomic E-state index is 0.0593. The topological polar surface area (TPSA) is 42.0 Å². The van der Waals surface area contributed by atoms with E-state index in [1.165, 1.54) is 0 Å². The zero-order valence-electron chi connectivity index (χ0n) is 9.45. The van der Waals surface area contributed by atoms with E-state index in [1.54, 1.807) is 6.20 Å². The molecule has 0 aliphatic rings. The highest BCUT2D eigenvalue weighted by Crippen LogP contribution is 2.00. The first-order valence-electron chi connectivity index (χ1n) is 5.47. The molecule has 0 aromatic carbocycles. The van der Waals surface area contributed by atoms with Gasteiger partial charge in [-0.05, 0) is 25.5 Å². The highest BCUT2D eigenvalue weighted by Gasteiger charge is 2.07. The fourth-order valence-electron chi connectivity index (χ4n) is 1.46. The molecular formula is C12H17ClN2O. The van der Waals surface area contributed by atoms with Crippen LogP contribution >= 0.6 is 11.6 Å². The summed E-state index contributed by atoms with van der Waals surface area (Å²) in [5.74, 6) is 0.589. The molecule has 0 fully saturated rings. The molecule has 0 radical (unpaired) electrons. The molecule has 4 heteroatoms. The zero-order chi connectivity index (χ0) is 11.8. The molecule has 1 N–H and O–H groups in total. The van der Waals surface area contributed by atoms with Crippen molar-refractivity contribution in [3.8, 4) is 0 Å². The number of hydrogen-bond acceptors (Lipinski definition) is 2. The van der Waals surface area contributed by atoms with E-state index >= 15 is 0 Å². The summed E-state index contributed by atoms with van der Waals surface area (Å²) in [6, 6.07) is 5.90. The lowest BCUT2D eigenvalue weighted by molar-refractivity contribution is -0.121. The second-order valence-corrected chi connectivity index (χ2v) is 4.16. The van der Waals surface area contributed by atoms with Gasteiger partial charge >= 0.3 is 0 Å². The van der Waals surface area contributed by atoms with Gasteiger partial charge in [-0.15, -0.1) is 11.6 Å². The van der Waals surface area contributed by atoms with E-state index in [4.69, 9.17) is 11.6 Å². The van der Waals surface area contributed by atoms with Crippen molar-refractivity contribution in [2.24, 2.45) is 0 Å². The highest BCUT2D eigenvalue weighted by molar-refractivity contribution is 6.17. The number of halogens is 1. The first-order valence-corrected chi connectivity index (χ1v) is 6.01.